The Hall–Kier alpha value is -1.26. The number of allylic oxidation sites excluding steroid dienone is 1. The summed E-state index contributed by atoms with van der Waals surface area (Å²) in [7, 11) is 0. The first-order chi connectivity index (χ1) is 6.02. The number of carboxylic acids is 1. The molecule has 0 aromatic rings. The van der Waals surface area contributed by atoms with Crippen LogP contribution in [0.2, 0.25) is 0 Å². The van der Waals surface area contributed by atoms with E-state index in [1.165, 1.54) is 0 Å². The smallest absolute Gasteiger partial charge is 0.248 e. The van der Waals surface area contributed by atoms with Crippen LogP contribution < -0.4 is 5.11 Å². The van der Waals surface area contributed by atoms with Gasteiger partial charge in [-0.2, -0.15) is 0 Å². The molecule has 0 spiro atoms. The van der Waals surface area contributed by atoms with Gasteiger partial charge < -0.3 is 9.90 Å². The third-order valence-corrected chi connectivity index (χ3v) is 1.97. The molecule has 0 bridgehead atoms. The lowest BCUT2D eigenvalue weighted by atomic mass is 9.89. The molecule has 0 fully saturated rings. The molecule has 0 saturated heterocycles. The molecule has 0 amide bonds. The van der Waals surface area contributed by atoms with Gasteiger partial charge in [0.2, 0.25) is 6.43 Å². The predicted molar refractivity (Wildman–Crippen MR) is 36.8 cm³/mol. The van der Waals surface area contributed by atoms with Gasteiger partial charge in [-0.25, -0.2) is 8.78 Å². The van der Waals surface area contributed by atoms with E-state index in [1.807, 2.05) is 0 Å². The molecule has 5 heteroatoms. The maximum absolute atomic E-state index is 12.1. The Morgan fingerprint density at radius 2 is 2.23 bits per heavy atom. The van der Waals surface area contributed by atoms with Gasteiger partial charge in [0.15, 0.2) is 5.78 Å². The molecule has 1 aliphatic rings. The van der Waals surface area contributed by atoms with Gasteiger partial charge in [0.05, 0.1) is 11.9 Å². The zero-order chi connectivity index (χ0) is 10.0. The summed E-state index contributed by atoms with van der Waals surface area (Å²) in [6.45, 7) is 0. The standard InChI is InChI=1S/C8H8F2O3/c9-7(10)5-2-1-4(8(12)13)3-6(5)11/h3,5,7H,1-2H2,(H,12,13)/p-1. The largest absolute Gasteiger partial charge is 0.545 e. The average molecular weight is 189 g/mol. The molecule has 0 aliphatic heterocycles. The van der Waals surface area contributed by atoms with Gasteiger partial charge in [-0.05, 0) is 24.5 Å². The number of ketones is 1. The lowest BCUT2D eigenvalue weighted by molar-refractivity contribution is -0.299. The summed E-state index contributed by atoms with van der Waals surface area (Å²) in [6, 6.07) is 0. The van der Waals surface area contributed by atoms with Crippen LogP contribution in [0.5, 0.6) is 0 Å². The molecule has 0 radical (unpaired) electrons. The number of carboxylic acid groups (broad SMARTS) is 1. The van der Waals surface area contributed by atoms with Crippen molar-refractivity contribution in [3.8, 4) is 0 Å². The zero-order valence-corrected chi connectivity index (χ0v) is 6.63. The third-order valence-electron chi connectivity index (χ3n) is 1.97. The van der Waals surface area contributed by atoms with Crippen LogP contribution in [0.3, 0.4) is 0 Å². The number of carbonyl (C=O) groups is 2. The first-order valence-electron chi connectivity index (χ1n) is 3.76. The minimum Gasteiger partial charge on any atom is -0.545 e. The van der Waals surface area contributed by atoms with Crippen LogP contribution in [-0.2, 0) is 9.59 Å². The second kappa shape index (κ2) is 3.64. The van der Waals surface area contributed by atoms with E-state index < -0.39 is 24.1 Å². The van der Waals surface area contributed by atoms with E-state index in [2.05, 4.69) is 0 Å². The summed E-state index contributed by atoms with van der Waals surface area (Å²) >= 11 is 0. The zero-order valence-electron chi connectivity index (χ0n) is 6.63. The lowest BCUT2D eigenvalue weighted by Gasteiger charge is -2.20. The Balaban J connectivity index is 2.78. The van der Waals surface area contributed by atoms with Gasteiger partial charge in [0.25, 0.3) is 0 Å². The Kier molecular flexibility index (Phi) is 2.75. The molecule has 0 aromatic carbocycles. The molecule has 1 rings (SSSR count). The molecule has 0 heterocycles. The van der Waals surface area contributed by atoms with E-state index in [1.54, 1.807) is 0 Å². The fourth-order valence-corrected chi connectivity index (χ4v) is 1.22. The van der Waals surface area contributed by atoms with Crippen molar-refractivity contribution in [1.82, 2.24) is 0 Å². The van der Waals surface area contributed by atoms with Crippen LogP contribution in [0.15, 0.2) is 11.6 Å². The summed E-state index contributed by atoms with van der Waals surface area (Å²) in [5, 5.41) is 10.3. The summed E-state index contributed by atoms with van der Waals surface area (Å²) in [4.78, 5) is 21.2. The Bertz CT molecular complexity index is 271. The van der Waals surface area contributed by atoms with Gasteiger partial charge in [-0.1, -0.05) is 0 Å². The molecule has 1 unspecified atom stereocenters. The lowest BCUT2D eigenvalue weighted by Crippen LogP contribution is -2.31. The summed E-state index contributed by atoms with van der Waals surface area (Å²) in [5.74, 6) is -3.62. The normalized spacial score (nSPS) is 23.2. The number of alkyl halides is 2. The van der Waals surface area contributed by atoms with Crippen LogP contribution in [-0.4, -0.2) is 18.2 Å². The van der Waals surface area contributed by atoms with Crippen molar-refractivity contribution < 1.29 is 23.5 Å². The van der Waals surface area contributed by atoms with Crippen LogP contribution >= 0.6 is 0 Å². The number of carbonyl (C=O) groups excluding carboxylic acids is 2. The van der Waals surface area contributed by atoms with Crippen molar-refractivity contribution in [2.75, 3.05) is 0 Å². The topological polar surface area (TPSA) is 57.2 Å². The number of aliphatic carboxylic acids is 1. The molecule has 3 nitrogen and oxygen atoms in total. The van der Waals surface area contributed by atoms with Crippen LogP contribution in [0.25, 0.3) is 0 Å². The number of rotatable bonds is 2. The highest BCUT2D eigenvalue weighted by molar-refractivity contribution is 6.00. The van der Waals surface area contributed by atoms with Crippen molar-refractivity contribution in [3.63, 3.8) is 0 Å². The molecule has 1 aliphatic carbocycles. The SMILES string of the molecule is O=C([O-])C1=CC(=O)C(C(F)F)CC1. The maximum Gasteiger partial charge on any atom is 0.248 e. The Morgan fingerprint density at radius 3 is 2.62 bits per heavy atom. The van der Waals surface area contributed by atoms with Crippen molar-refractivity contribution in [3.05, 3.63) is 11.6 Å². The second-order valence-corrected chi connectivity index (χ2v) is 2.84. The van der Waals surface area contributed by atoms with Crippen LogP contribution in [0.1, 0.15) is 12.8 Å². The number of hydrogen-bond donors (Lipinski definition) is 0. The van der Waals surface area contributed by atoms with Crippen molar-refractivity contribution >= 4 is 11.8 Å². The first kappa shape index (κ1) is 9.83. The molecule has 13 heavy (non-hydrogen) atoms. The highest BCUT2D eigenvalue weighted by Gasteiger charge is 2.30. The predicted octanol–water partition coefficient (Wildman–Crippen LogP) is -0.0931. The monoisotopic (exact) mass is 189 g/mol. The highest BCUT2D eigenvalue weighted by atomic mass is 19.3. The molecular weight excluding hydrogens is 182 g/mol. The fraction of sp³-hybridized carbons (Fsp3) is 0.500. The Labute approximate surface area is 73.0 Å². The summed E-state index contributed by atoms with van der Waals surface area (Å²) in [5.41, 5.74) is -0.193. The quantitative estimate of drug-likeness (QED) is 0.609. The molecular formula is C8H7F2O3-. The highest BCUT2D eigenvalue weighted by Crippen LogP contribution is 2.25. The molecule has 0 saturated carbocycles. The average Bonchev–Trinajstić information content (AvgIpc) is 2.03. The minimum absolute atomic E-state index is 0.0247. The van der Waals surface area contributed by atoms with Crippen molar-refractivity contribution in [1.29, 1.82) is 0 Å². The van der Waals surface area contributed by atoms with Crippen LogP contribution in [0.4, 0.5) is 8.78 Å². The second-order valence-electron chi connectivity index (χ2n) is 2.84. The van der Waals surface area contributed by atoms with Gasteiger partial charge in [0, 0.05) is 0 Å². The van der Waals surface area contributed by atoms with E-state index in [0.717, 1.165) is 6.08 Å². The van der Waals surface area contributed by atoms with E-state index in [0.29, 0.717) is 0 Å². The summed E-state index contributed by atoms with van der Waals surface area (Å²) < 4.78 is 24.2. The van der Waals surface area contributed by atoms with E-state index in [-0.39, 0.29) is 18.4 Å². The molecule has 1 atom stereocenters. The fourth-order valence-electron chi connectivity index (χ4n) is 1.22. The maximum atomic E-state index is 12.1. The number of hydrogen-bond acceptors (Lipinski definition) is 3. The van der Waals surface area contributed by atoms with E-state index >= 15 is 0 Å². The molecule has 0 N–H and O–H groups in total. The van der Waals surface area contributed by atoms with Gasteiger partial charge in [0.1, 0.15) is 0 Å². The summed E-state index contributed by atoms with van der Waals surface area (Å²) in [6.07, 6.45) is -2.11. The first-order valence-corrected chi connectivity index (χ1v) is 3.76. The van der Waals surface area contributed by atoms with Crippen molar-refractivity contribution in [2.24, 2.45) is 5.92 Å². The minimum atomic E-state index is -2.72. The number of halogens is 2. The third kappa shape index (κ3) is 2.11. The van der Waals surface area contributed by atoms with Gasteiger partial charge >= 0.3 is 0 Å². The van der Waals surface area contributed by atoms with E-state index in [4.69, 9.17) is 0 Å². The molecule has 72 valence electrons. The van der Waals surface area contributed by atoms with Gasteiger partial charge in [-0.3, -0.25) is 4.79 Å². The van der Waals surface area contributed by atoms with Crippen molar-refractivity contribution in [2.45, 2.75) is 19.3 Å². The molecule has 0 aromatic heterocycles. The van der Waals surface area contributed by atoms with E-state index in [9.17, 15) is 23.5 Å². The Morgan fingerprint density at radius 1 is 1.62 bits per heavy atom. The van der Waals surface area contributed by atoms with Crippen LogP contribution in [0, 0.1) is 5.92 Å². The van der Waals surface area contributed by atoms with Gasteiger partial charge in [-0.15, -0.1) is 0 Å².